The van der Waals surface area contributed by atoms with Crippen molar-refractivity contribution in [1.29, 1.82) is 0 Å². The molecule has 1 aromatic heterocycles. The van der Waals surface area contributed by atoms with E-state index in [1.165, 1.54) is 18.6 Å². The van der Waals surface area contributed by atoms with Gasteiger partial charge in [0.2, 0.25) is 0 Å². The number of rotatable bonds is 3. The molecule has 0 saturated carbocycles. The Balaban J connectivity index is 3.00. The summed E-state index contributed by atoms with van der Waals surface area (Å²) in [7, 11) is 0. The molecule has 1 rings (SSSR count). The van der Waals surface area contributed by atoms with Crippen LogP contribution in [-0.4, -0.2) is 27.5 Å². The van der Waals surface area contributed by atoms with Gasteiger partial charge in [-0.05, 0) is 20.8 Å². The van der Waals surface area contributed by atoms with Crippen molar-refractivity contribution in [3.05, 3.63) is 24.3 Å². The van der Waals surface area contributed by atoms with Crippen molar-refractivity contribution in [1.82, 2.24) is 9.97 Å². The Kier molecular flexibility index (Phi) is 4.33. The average Bonchev–Trinajstić information content (AvgIpc) is 2.28. The van der Waals surface area contributed by atoms with Gasteiger partial charge in [0, 0.05) is 18.6 Å². The zero-order chi connectivity index (χ0) is 13.8. The fourth-order valence-electron chi connectivity index (χ4n) is 1.23. The Labute approximate surface area is 104 Å². The molecule has 98 valence electrons. The minimum atomic E-state index is -1.33. The summed E-state index contributed by atoms with van der Waals surface area (Å²) < 4.78 is 5.11. The van der Waals surface area contributed by atoms with Gasteiger partial charge in [-0.1, -0.05) is 0 Å². The standard InChI is InChI=1S/C11H15N3O4/c1-11(2,3)17-9(15)8(10(16)18-12)7-6-13-4-5-14-7/h4-6,8H,12H2,1-3H3. The van der Waals surface area contributed by atoms with Gasteiger partial charge in [-0.15, -0.1) is 0 Å². The maximum Gasteiger partial charge on any atom is 0.345 e. The topological polar surface area (TPSA) is 104 Å². The van der Waals surface area contributed by atoms with Crippen LogP contribution in [0.2, 0.25) is 0 Å². The lowest BCUT2D eigenvalue weighted by Gasteiger charge is -2.22. The van der Waals surface area contributed by atoms with Crippen LogP contribution in [0.4, 0.5) is 0 Å². The summed E-state index contributed by atoms with van der Waals surface area (Å²) in [5.74, 6) is 1.76. The highest BCUT2D eigenvalue weighted by atomic mass is 16.7. The van der Waals surface area contributed by atoms with Crippen molar-refractivity contribution in [2.75, 3.05) is 0 Å². The quantitative estimate of drug-likeness (QED) is 0.469. The minimum Gasteiger partial charge on any atom is -0.459 e. The first-order valence-electron chi connectivity index (χ1n) is 5.24. The third-order valence-electron chi connectivity index (χ3n) is 1.87. The Morgan fingerprint density at radius 1 is 1.28 bits per heavy atom. The SMILES string of the molecule is CC(C)(C)OC(=O)C(C(=O)ON)c1cnccn1. The van der Waals surface area contributed by atoms with Crippen LogP contribution >= 0.6 is 0 Å². The molecule has 0 bridgehead atoms. The molecule has 1 atom stereocenters. The Hall–Kier alpha value is -2.02. The average molecular weight is 253 g/mol. The van der Waals surface area contributed by atoms with Crippen LogP contribution in [0.1, 0.15) is 32.4 Å². The number of carbonyl (C=O) groups excluding carboxylic acids is 2. The van der Waals surface area contributed by atoms with Crippen molar-refractivity contribution in [3.63, 3.8) is 0 Å². The predicted molar refractivity (Wildman–Crippen MR) is 60.9 cm³/mol. The highest BCUT2D eigenvalue weighted by Crippen LogP contribution is 2.19. The predicted octanol–water partition coefficient (Wildman–Crippen LogP) is 0.319. The summed E-state index contributed by atoms with van der Waals surface area (Å²) >= 11 is 0. The summed E-state index contributed by atoms with van der Waals surface area (Å²) in [6.07, 6.45) is 4.06. The van der Waals surface area contributed by atoms with Crippen molar-refractivity contribution >= 4 is 11.9 Å². The molecular weight excluding hydrogens is 238 g/mol. The number of nitrogens with two attached hydrogens (primary N) is 1. The Bertz CT molecular complexity index is 428. The molecule has 1 aromatic rings. The van der Waals surface area contributed by atoms with Crippen LogP contribution in [0.15, 0.2) is 18.6 Å². The van der Waals surface area contributed by atoms with Crippen LogP contribution < -0.4 is 5.90 Å². The van der Waals surface area contributed by atoms with E-state index >= 15 is 0 Å². The lowest BCUT2D eigenvalue weighted by molar-refractivity contribution is -0.165. The highest BCUT2D eigenvalue weighted by Gasteiger charge is 2.35. The van der Waals surface area contributed by atoms with Gasteiger partial charge in [0.25, 0.3) is 0 Å². The fourth-order valence-corrected chi connectivity index (χ4v) is 1.23. The summed E-state index contributed by atoms with van der Waals surface area (Å²) in [4.78, 5) is 35.2. The molecule has 1 unspecified atom stereocenters. The highest BCUT2D eigenvalue weighted by molar-refractivity contribution is 6.00. The summed E-state index contributed by atoms with van der Waals surface area (Å²) in [5, 5.41) is 0. The van der Waals surface area contributed by atoms with E-state index in [4.69, 9.17) is 10.6 Å². The van der Waals surface area contributed by atoms with Gasteiger partial charge in [-0.2, -0.15) is 5.90 Å². The van der Waals surface area contributed by atoms with Crippen LogP contribution in [0.3, 0.4) is 0 Å². The molecule has 0 saturated heterocycles. The summed E-state index contributed by atoms with van der Waals surface area (Å²) in [6, 6.07) is 0. The van der Waals surface area contributed by atoms with Crippen molar-refractivity contribution < 1.29 is 19.2 Å². The Morgan fingerprint density at radius 3 is 2.39 bits per heavy atom. The number of hydrogen-bond acceptors (Lipinski definition) is 7. The molecule has 0 aromatic carbocycles. The first-order valence-corrected chi connectivity index (χ1v) is 5.24. The number of nitrogens with zero attached hydrogens (tertiary/aromatic N) is 2. The largest absolute Gasteiger partial charge is 0.459 e. The van der Waals surface area contributed by atoms with E-state index in [9.17, 15) is 9.59 Å². The molecule has 0 aliphatic rings. The normalized spacial score (nSPS) is 12.7. The summed E-state index contributed by atoms with van der Waals surface area (Å²) in [5.41, 5.74) is -0.603. The van der Waals surface area contributed by atoms with E-state index in [2.05, 4.69) is 14.8 Å². The second-order valence-corrected chi connectivity index (χ2v) is 4.53. The number of ether oxygens (including phenoxy) is 1. The fraction of sp³-hybridized carbons (Fsp3) is 0.455. The van der Waals surface area contributed by atoms with E-state index in [1.54, 1.807) is 20.8 Å². The first kappa shape index (κ1) is 14.0. The number of carbonyl (C=O) groups is 2. The molecule has 0 aliphatic heterocycles. The van der Waals surface area contributed by atoms with Gasteiger partial charge in [0.1, 0.15) is 5.60 Å². The monoisotopic (exact) mass is 253 g/mol. The zero-order valence-corrected chi connectivity index (χ0v) is 10.4. The van der Waals surface area contributed by atoms with Gasteiger partial charge in [-0.25, -0.2) is 4.79 Å². The smallest absolute Gasteiger partial charge is 0.345 e. The van der Waals surface area contributed by atoms with E-state index in [-0.39, 0.29) is 5.69 Å². The van der Waals surface area contributed by atoms with Gasteiger partial charge < -0.3 is 9.57 Å². The molecule has 0 spiro atoms. The maximum absolute atomic E-state index is 11.9. The third-order valence-corrected chi connectivity index (χ3v) is 1.87. The third kappa shape index (κ3) is 3.77. The van der Waals surface area contributed by atoms with Crippen molar-refractivity contribution in [2.24, 2.45) is 5.90 Å². The molecule has 0 fully saturated rings. The lowest BCUT2D eigenvalue weighted by atomic mass is 10.1. The second-order valence-electron chi connectivity index (χ2n) is 4.53. The maximum atomic E-state index is 11.9. The molecule has 0 radical (unpaired) electrons. The van der Waals surface area contributed by atoms with E-state index in [0.717, 1.165) is 0 Å². The van der Waals surface area contributed by atoms with Gasteiger partial charge in [0.05, 0.1) is 5.69 Å². The number of aromatic nitrogens is 2. The van der Waals surface area contributed by atoms with Crippen LogP contribution in [0.5, 0.6) is 0 Å². The van der Waals surface area contributed by atoms with Gasteiger partial charge in [-0.3, -0.25) is 14.8 Å². The van der Waals surface area contributed by atoms with E-state index in [0.29, 0.717) is 0 Å². The van der Waals surface area contributed by atoms with Crippen molar-refractivity contribution in [3.8, 4) is 0 Å². The molecule has 0 aliphatic carbocycles. The molecule has 7 nitrogen and oxygen atoms in total. The van der Waals surface area contributed by atoms with E-state index < -0.39 is 23.5 Å². The molecule has 0 amide bonds. The lowest BCUT2D eigenvalue weighted by Crippen LogP contribution is -2.33. The number of esters is 1. The van der Waals surface area contributed by atoms with Gasteiger partial charge in [0.15, 0.2) is 5.92 Å². The molecule has 2 N–H and O–H groups in total. The first-order chi connectivity index (χ1) is 8.35. The zero-order valence-electron chi connectivity index (χ0n) is 10.4. The summed E-state index contributed by atoms with van der Waals surface area (Å²) in [6.45, 7) is 5.06. The second kappa shape index (κ2) is 5.54. The molecule has 7 heteroatoms. The molecule has 18 heavy (non-hydrogen) atoms. The molecular formula is C11H15N3O4. The van der Waals surface area contributed by atoms with Crippen LogP contribution in [-0.2, 0) is 19.2 Å². The minimum absolute atomic E-state index is 0.127. The Morgan fingerprint density at radius 2 is 1.94 bits per heavy atom. The molecule has 1 heterocycles. The van der Waals surface area contributed by atoms with Crippen LogP contribution in [0.25, 0.3) is 0 Å². The van der Waals surface area contributed by atoms with Gasteiger partial charge >= 0.3 is 11.9 Å². The van der Waals surface area contributed by atoms with E-state index in [1.807, 2.05) is 0 Å². The van der Waals surface area contributed by atoms with Crippen LogP contribution in [0, 0.1) is 0 Å². The number of hydrogen-bond donors (Lipinski definition) is 1. The van der Waals surface area contributed by atoms with Crippen molar-refractivity contribution in [2.45, 2.75) is 32.3 Å².